The molecule has 0 aliphatic carbocycles. The van der Waals surface area contributed by atoms with Crippen molar-refractivity contribution < 1.29 is 4.79 Å². The van der Waals surface area contributed by atoms with Gasteiger partial charge in [-0.1, -0.05) is 0 Å². The number of hydrogen-bond donors (Lipinski definition) is 1. The lowest BCUT2D eigenvalue weighted by Gasteiger charge is -2.15. The van der Waals surface area contributed by atoms with Crippen LogP contribution < -0.4 is 5.56 Å². The number of aromatic amines is 1. The lowest BCUT2D eigenvalue weighted by molar-refractivity contribution is -0.130. The van der Waals surface area contributed by atoms with Crippen molar-refractivity contribution in [2.24, 2.45) is 0 Å². The van der Waals surface area contributed by atoms with Gasteiger partial charge in [-0.2, -0.15) is 0 Å². The maximum atomic E-state index is 12.3. The van der Waals surface area contributed by atoms with Crippen LogP contribution in [0.2, 0.25) is 0 Å². The van der Waals surface area contributed by atoms with Gasteiger partial charge in [-0.15, -0.1) is 11.3 Å². The predicted molar refractivity (Wildman–Crippen MR) is 81.7 cm³/mol. The molecule has 0 aromatic carbocycles. The van der Waals surface area contributed by atoms with Gasteiger partial charge in [0.05, 0.1) is 5.52 Å². The average molecular weight is 309 g/mol. The highest BCUT2D eigenvalue weighted by Gasteiger charge is 2.18. The molecule has 106 valence electrons. The minimum absolute atomic E-state index is 0.104. The SMILES string of the molecule is O=C(CCn1c(=S)[nH]c2ccsc2c1=O)N1CCCC1. The lowest BCUT2D eigenvalue weighted by Crippen LogP contribution is -2.30. The molecule has 3 heterocycles. The minimum Gasteiger partial charge on any atom is -0.343 e. The summed E-state index contributed by atoms with van der Waals surface area (Å²) in [5.74, 6) is 0.107. The van der Waals surface area contributed by atoms with Crippen LogP contribution >= 0.6 is 23.6 Å². The summed E-state index contributed by atoms with van der Waals surface area (Å²) < 4.78 is 2.53. The van der Waals surface area contributed by atoms with Gasteiger partial charge in [0.25, 0.3) is 5.56 Å². The third-order valence-corrected chi connectivity index (χ3v) is 4.82. The first kappa shape index (κ1) is 13.5. The fourth-order valence-electron chi connectivity index (χ4n) is 2.51. The van der Waals surface area contributed by atoms with Crippen molar-refractivity contribution in [2.75, 3.05) is 13.1 Å². The molecule has 0 spiro atoms. The molecule has 3 rings (SSSR count). The molecule has 0 unspecified atom stereocenters. The Bertz CT molecular complexity index is 753. The van der Waals surface area contributed by atoms with Crippen LogP contribution in [0.15, 0.2) is 16.2 Å². The molecule has 1 amide bonds. The van der Waals surface area contributed by atoms with Gasteiger partial charge < -0.3 is 9.88 Å². The van der Waals surface area contributed by atoms with Gasteiger partial charge in [0.1, 0.15) is 4.70 Å². The zero-order valence-corrected chi connectivity index (χ0v) is 12.6. The van der Waals surface area contributed by atoms with Crippen molar-refractivity contribution in [1.29, 1.82) is 0 Å². The molecular weight excluding hydrogens is 294 g/mol. The molecule has 7 heteroatoms. The molecular formula is C13H15N3O2S2. The van der Waals surface area contributed by atoms with E-state index in [1.54, 1.807) is 0 Å². The van der Waals surface area contributed by atoms with E-state index in [2.05, 4.69) is 4.98 Å². The topological polar surface area (TPSA) is 58.1 Å². The summed E-state index contributed by atoms with van der Waals surface area (Å²) in [5.41, 5.74) is 0.667. The zero-order chi connectivity index (χ0) is 14.1. The quantitative estimate of drug-likeness (QED) is 0.884. The van der Waals surface area contributed by atoms with E-state index in [0.717, 1.165) is 31.4 Å². The van der Waals surface area contributed by atoms with Crippen LogP contribution in [0.5, 0.6) is 0 Å². The first-order valence-electron chi connectivity index (χ1n) is 6.65. The van der Waals surface area contributed by atoms with Gasteiger partial charge in [0.2, 0.25) is 5.91 Å². The van der Waals surface area contributed by atoms with E-state index in [0.29, 0.717) is 22.4 Å². The number of carbonyl (C=O) groups excluding carboxylic acids is 1. The minimum atomic E-state index is -0.104. The van der Waals surface area contributed by atoms with Crippen molar-refractivity contribution in [1.82, 2.24) is 14.5 Å². The van der Waals surface area contributed by atoms with Crippen LogP contribution in [0.4, 0.5) is 0 Å². The van der Waals surface area contributed by atoms with Gasteiger partial charge in [-0.25, -0.2) is 0 Å². The molecule has 1 N–H and O–H groups in total. The summed E-state index contributed by atoms with van der Waals surface area (Å²) in [7, 11) is 0. The van der Waals surface area contributed by atoms with Crippen molar-refractivity contribution in [3.8, 4) is 0 Å². The molecule has 0 radical (unpaired) electrons. The monoisotopic (exact) mass is 309 g/mol. The standard InChI is InChI=1S/C13H15N3O2S2/c17-10(15-5-1-2-6-15)3-7-16-12(18)11-9(4-8-20-11)14-13(16)19/h4,8H,1-3,5-7H2,(H,14,19). The van der Waals surface area contributed by atoms with Gasteiger partial charge in [0, 0.05) is 26.1 Å². The maximum absolute atomic E-state index is 12.3. The molecule has 5 nitrogen and oxygen atoms in total. The highest BCUT2D eigenvalue weighted by atomic mass is 32.1. The Hall–Kier alpha value is -1.47. The Morgan fingerprint density at radius 2 is 2.15 bits per heavy atom. The van der Waals surface area contributed by atoms with Gasteiger partial charge in [0.15, 0.2) is 4.77 Å². The second-order valence-corrected chi connectivity index (χ2v) is 6.19. The number of carbonyl (C=O) groups is 1. The van der Waals surface area contributed by atoms with Crippen LogP contribution in [0.25, 0.3) is 10.2 Å². The molecule has 20 heavy (non-hydrogen) atoms. The molecule has 1 aliphatic heterocycles. The number of H-pyrrole nitrogens is 1. The average Bonchev–Trinajstić information content (AvgIpc) is 3.08. The van der Waals surface area contributed by atoms with E-state index in [4.69, 9.17) is 12.2 Å². The molecule has 2 aromatic heterocycles. The number of amides is 1. The Labute approximate surface area is 124 Å². The number of rotatable bonds is 3. The van der Waals surface area contributed by atoms with Crippen molar-refractivity contribution in [2.45, 2.75) is 25.8 Å². The van der Waals surface area contributed by atoms with E-state index in [9.17, 15) is 9.59 Å². The summed E-state index contributed by atoms with van der Waals surface area (Å²) in [6.45, 7) is 2.02. The molecule has 0 saturated carbocycles. The maximum Gasteiger partial charge on any atom is 0.272 e. The zero-order valence-electron chi connectivity index (χ0n) is 10.9. The van der Waals surface area contributed by atoms with Crippen molar-refractivity contribution >= 4 is 39.7 Å². The van der Waals surface area contributed by atoms with E-state index < -0.39 is 0 Å². The molecule has 0 bridgehead atoms. The highest BCUT2D eigenvalue weighted by Crippen LogP contribution is 2.14. The molecule has 0 atom stereocenters. The van der Waals surface area contributed by atoms with Crippen molar-refractivity contribution in [3.63, 3.8) is 0 Å². The first-order valence-corrected chi connectivity index (χ1v) is 7.94. The third kappa shape index (κ3) is 2.43. The predicted octanol–water partition coefficient (Wildman–Crippen LogP) is 2.13. The second kappa shape index (κ2) is 5.49. The number of aromatic nitrogens is 2. The normalized spacial score (nSPS) is 15.1. The van der Waals surface area contributed by atoms with Crippen LogP contribution in [0.3, 0.4) is 0 Å². The van der Waals surface area contributed by atoms with Crippen LogP contribution in [0, 0.1) is 4.77 Å². The number of likely N-dealkylation sites (tertiary alicyclic amines) is 1. The summed E-state index contributed by atoms with van der Waals surface area (Å²) in [6, 6.07) is 1.84. The van der Waals surface area contributed by atoms with E-state index in [-0.39, 0.29) is 11.5 Å². The molecule has 1 fully saturated rings. The van der Waals surface area contributed by atoms with E-state index >= 15 is 0 Å². The van der Waals surface area contributed by atoms with Crippen LogP contribution in [-0.2, 0) is 11.3 Å². The summed E-state index contributed by atoms with van der Waals surface area (Å²) in [4.78, 5) is 29.2. The Morgan fingerprint density at radius 3 is 2.90 bits per heavy atom. The Morgan fingerprint density at radius 1 is 1.40 bits per heavy atom. The smallest absolute Gasteiger partial charge is 0.272 e. The number of fused-ring (bicyclic) bond motifs is 1. The van der Waals surface area contributed by atoms with Crippen molar-refractivity contribution in [3.05, 3.63) is 26.6 Å². The second-order valence-electron chi connectivity index (χ2n) is 4.89. The van der Waals surface area contributed by atoms with Gasteiger partial charge in [-0.3, -0.25) is 14.2 Å². The molecule has 1 aliphatic rings. The summed E-state index contributed by atoms with van der Waals surface area (Å²) in [5, 5.41) is 1.86. The fourth-order valence-corrected chi connectivity index (χ4v) is 3.59. The third-order valence-electron chi connectivity index (χ3n) is 3.60. The van der Waals surface area contributed by atoms with Crippen LogP contribution in [0.1, 0.15) is 19.3 Å². The van der Waals surface area contributed by atoms with E-state index in [1.165, 1.54) is 15.9 Å². The Kier molecular flexibility index (Phi) is 3.71. The van der Waals surface area contributed by atoms with Crippen LogP contribution in [-0.4, -0.2) is 33.4 Å². The van der Waals surface area contributed by atoms with Gasteiger partial charge in [-0.05, 0) is 36.5 Å². The largest absolute Gasteiger partial charge is 0.343 e. The van der Waals surface area contributed by atoms with Gasteiger partial charge >= 0.3 is 0 Å². The molecule has 1 saturated heterocycles. The summed E-state index contributed by atoms with van der Waals surface area (Å²) in [6.07, 6.45) is 2.48. The number of thiophene rings is 1. The fraction of sp³-hybridized carbons (Fsp3) is 0.462. The van der Waals surface area contributed by atoms with E-state index in [1.807, 2.05) is 16.3 Å². The first-order chi connectivity index (χ1) is 9.66. The number of nitrogens with one attached hydrogen (secondary N) is 1. The number of hydrogen-bond acceptors (Lipinski definition) is 4. The number of nitrogens with zero attached hydrogens (tertiary/aromatic N) is 2. The Balaban J connectivity index is 1.82. The summed E-state index contributed by atoms with van der Waals surface area (Å²) >= 11 is 6.60. The molecule has 2 aromatic rings. The highest BCUT2D eigenvalue weighted by molar-refractivity contribution is 7.71. The lowest BCUT2D eigenvalue weighted by atomic mass is 10.3.